The Balaban J connectivity index is 5.58. The monoisotopic (exact) mass is 545 g/mol. The lowest BCUT2D eigenvalue weighted by Crippen LogP contribution is -2.57. The van der Waals surface area contributed by atoms with Gasteiger partial charge in [-0.2, -0.15) is 0 Å². The molecule has 0 radical (unpaired) electrons. The molecule has 214 valence electrons. The third-order valence-corrected chi connectivity index (χ3v) is 4.92. The van der Waals surface area contributed by atoms with E-state index in [1.807, 2.05) is 5.32 Å². The Bertz CT molecular complexity index is 922. The molecule has 18 nitrogen and oxygen atoms in total. The van der Waals surface area contributed by atoms with Crippen LogP contribution in [0.15, 0.2) is 4.99 Å². The summed E-state index contributed by atoms with van der Waals surface area (Å²) in [5.41, 5.74) is 26.3. The van der Waals surface area contributed by atoms with E-state index in [1.165, 1.54) is 0 Å². The fourth-order valence-corrected chi connectivity index (χ4v) is 2.97. The molecule has 0 saturated carbocycles. The van der Waals surface area contributed by atoms with E-state index < -0.39 is 84.9 Å². The highest BCUT2D eigenvalue weighted by Crippen LogP contribution is 2.05. The third kappa shape index (κ3) is 14.8. The quantitative estimate of drug-likeness (QED) is 0.0414. The summed E-state index contributed by atoms with van der Waals surface area (Å²) in [6.45, 7) is 0.197. The first-order valence-corrected chi connectivity index (χ1v) is 11.4. The molecule has 0 aliphatic rings. The number of nitrogens with one attached hydrogen (secondary N) is 3. The van der Waals surface area contributed by atoms with Crippen LogP contribution in [0.25, 0.3) is 0 Å². The standard InChI is InChI=1S/C20H35N9O9/c21-9(2-1-7-26-20(24)25)16(34)27-10(3-5-13(22)30)17(35)28-11(4-6-15(32)33)18(36)29-12(19(37)38)8-14(23)31/h9-12H,1-8,21H2,(H2,22,30)(H2,23,31)(H,27,34)(H,28,35)(H,29,36)(H,32,33)(H,37,38)(H4,24,25,26). The van der Waals surface area contributed by atoms with Gasteiger partial charge in [0.15, 0.2) is 5.96 Å². The molecule has 38 heavy (non-hydrogen) atoms. The maximum absolute atomic E-state index is 12.9. The number of nitrogens with two attached hydrogens (primary N) is 5. The normalized spacial score (nSPS) is 13.6. The summed E-state index contributed by atoms with van der Waals surface area (Å²) in [5, 5.41) is 24.7. The second kappa shape index (κ2) is 17.1. The molecule has 0 aromatic heterocycles. The van der Waals surface area contributed by atoms with Crippen LogP contribution in [0.4, 0.5) is 0 Å². The molecule has 0 fully saturated rings. The highest BCUT2D eigenvalue weighted by molar-refractivity contribution is 5.95. The SMILES string of the molecule is NC(=O)CCC(NC(=O)C(N)CCCN=C(N)N)C(=O)NC(CCC(=O)O)C(=O)NC(CC(N)=O)C(=O)O. The minimum Gasteiger partial charge on any atom is -0.481 e. The van der Waals surface area contributed by atoms with Gasteiger partial charge in [-0.05, 0) is 25.7 Å². The number of rotatable bonds is 19. The van der Waals surface area contributed by atoms with Gasteiger partial charge in [-0.15, -0.1) is 0 Å². The van der Waals surface area contributed by atoms with Crippen molar-refractivity contribution in [2.75, 3.05) is 6.54 Å². The number of hydrogen-bond donors (Lipinski definition) is 10. The average molecular weight is 546 g/mol. The van der Waals surface area contributed by atoms with Crippen molar-refractivity contribution in [1.29, 1.82) is 0 Å². The summed E-state index contributed by atoms with van der Waals surface area (Å²) >= 11 is 0. The molecule has 4 atom stereocenters. The number of aliphatic imine (C=N–C) groups is 1. The van der Waals surface area contributed by atoms with E-state index in [4.69, 9.17) is 33.8 Å². The Morgan fingerprint density at radius 3 is 1.63 bits per heavy atom. The second-order valence-electron chi connectivity index (χ2n) is 8.18. The van der Waals surface area contributed by atoms with Crippen LogP contribution in [0.2, 0.25) is 0 Å². The van der Waals surface area contributed by atoms with Crippen LogP contribution >= 0.6 is 0 Å². The van der Waals surface area contributed by atoms with Gasteiger partial charge in [0.05, 0.1) is 12.5 Å². The topological polar surface area (TPSA) is 338 Å². The fourth-order valence-electron chi connectivity index (χ4n) is 2.97. The van der Waals surface area contributed by atoms with E-state index in [-0.39, 0.29) is 31.8 Å². The number of amides is 5. The highest BCUT2D eigenvalue weighted by Gasteiger charge is 2.31. The smallest absolute Gasteiger partial charge is 0.326 e. The predicted molar refractivity (Wildman–Crippen MR) is 130 cm³/mol. The van der Waals surface area contributed by atoms with E-state index in [9.17, 15) is 38.7 Å². The zero-order valence-electron chi connectivity index (χ0n) is 20.6. The predicted octanol–water partition coefficient (Wildman–Crippen LogP) is -5.09. The van der Waals surface area contributed by atoms with Crippen molar-refractivity contribution in [1.82, 2.24) is 16.0 Å². The molecular formula is C20H35N9O9. The van der Waals surface area contributed by atoms with Crippen molar-refractivity contribution >= 4 is 47.4 Å². The fraction of sp³-hybridized carbons (Fsp3) is 0.600. The Labute approximate surface area is 217 Å². The van der Waals surface area contributed by atoms with Gasteiger partial charge in [-0.1, -0.05) is 0 Å². The van der Waals surface area contributed by atoms with Crippen LogP contribution in [0.5, 0.6) is 0 Å². The second-order valence-corrected chi connectivity index (χ2v) is 8.18. The van der Waals surface area contributed by atoms with E-state index in [0.717, 1.165) is 0 Å². The largest absolute Gasteiger partial charge is 0.481 e. The molecule has 0 bridgehead atoms. The number of carboxylic acids is 2. The maximum atomic E-state index is 12.9. The number of nitrogens with zero attached hydrogens (tertiary/aromatic N) is 1. The molecule has 0 aliphatic heterocycles. The summed E-state index contributed by atoms with van der Waals surface area (Å²) in [6.07, 6.45) is -2.02. The highest BCUT2D eigenvalue weighted by atomic mass is 16.4. The molecule has 0 saturated heterocycles. The summed E-state index contributed by atoms with van der Waals surface area (Å²) in [6, 6.07) is -5.84. The van der Waals surface area contributed by atoms with Crippen LogP contribution in [0.3, 0.4) is 0 Å². The number of carbonyl (C=O) groups is 7. The van der Waals surface area contributed by atoms with Crippen LogP contribution < -0.4 is 44.6 Å². The van der Waals surface area contributed by atoms with Gasteiger partial charge in [0.1, 0.15) is 18.1 Å². The molecule has 0 rings (SSSR count). The number of guanidine groups is 1. The van der Waals surface area contributed by atoms with Crippen molar-refractivity contribution in [3.8, 4) is 0 Å². The number of carbonyl (C=O) groups excluding carboxylic acids is 5. The van der Waals surface area contributed by atoms with E-state index >= 15 is 0 Å². The van der Waals surface area contributed by atoms with Crippen LogP contribution in [-0.2, 0) is 33.6 Å². The van der Waals surface area contributed by atoms with Gasteiger partial charge in [0.25, 0.3) is 0 Å². The molecule has 0 aromatic carbocycles. The molecular weight excluding hydrogens is 510 g/mol. The van der Waals surface area contributed by atoms with Gasteiger partial charge in [-0.3, -0.25) is 33.8 Å². The lowest BCUT2D eigenvalue weighted by molar-refractivity contribution is -0.144. The first-order chi connectivity index (χ1) is 17.6. The third-order valence-electron chi connectivity index (χ3n) is 4.92. The molecule has 0 aliphatic carbocycles. The molecule has 0 spiro atoms. The van der Waals surface area contributed by atoms with Crippen molar-refractivity contribution in [3.05, 3.63) is 0 Å². The van der Waals surface area contributed by atoms with Crippen LogP contribution in [0, 0.1) is 0 Å². The minimum atomic E-state index is -1.74. The van der Waals surface area contributed by atoms with Gasteiger partial charge in [-0.25, -0.2) is 4.79 Å². The molecule has 5 amide bonds. The van der Waals surface area contributed by atoms with E-state index in [0.29, 0.717) is 6.42 Å². The molecule has 15 N–H and O–H groups in total. The first kappa shape index (κ1) is 33.5. The Kier molecular flexibility index (Phi) is 15.0. The number of hydrogen-bond acceptors (Lipinski definition) is 9. The first-order valence-electron chi connectivity index (χ1n) is 11.4. The van der Waals surface area contributed by atoms with Gasteiger partial charge < -0.3 is 54.8 Å². The number of carboxylic acid groups (broad SMARTS) is 2. The minimum absolute atomic E-state index is 0.132. The van der Waals surface area contributed by atoms with Gasteiger partial charge >= 0.3 is 11.9 Å². The maximum Gasteiger partial charge on any atom is 0.326 e. The van der Waals surface area contributed by atoms with E-state index in [1.54, 1.807) is 0 Å². The zero-order valence-corrected chi connectivity index (χ0v) is 20.6. The molecule has 4 unspecified atom stereocenters. The van der Waals surface area contributed by atoms with Crippen molar-refractivity contribution in [2.24, 2.45) is 33.7 Å². The van der Waals surface area contributed by atoms with E-state index in [2.05, 4.69) is 15.6 Å². The number of primary amides is 2. The lowest BCUT2D eigenvalue weighted by atomic mass is 10.1. The zero-order chi connectivity index (χ0) is 29.4. The Hall–Kier alpha value is -4.48. The van der Waals surface area contributed by atoms with Gasteiger partial charge in [0, 0.05) is 19.4 Å². The summed E-state index contributed by atoms with van der Waals surface area (Å²) in [4.78, 5) is 86.5. The van der Waals surface area contributed by atoms with Crippen molar-refractivity contribution < 1.29 is 43.8 Å². The average Bonchev–Trinajstić information content (AvgIpc) is 2.80. The number of aliphatic carboxylic acids is 2. The molecule has 0 aromatic rings. The summed E-state index contributed by atoms with van der Waals surface area (Å²) in [7, 11) is 0. The Morgan fingerprint density at radius 1 is 0.684 bits per heavy atom. The Morgan fingerprint density at radius 2 is 1.18 bits per heavy atom. The van der Waals surface area contributed by atoms with Crippen molar-refractivity contribution in [2.45, 2.75) is 69.1 Å². The summed E-state index contributed by atoms with van der Waals surface area (Å²) < 4.78 is 0. The molecule has 18 heteroatoms. The summed E-state index contributed by atoms with van der Waals surface area (Å²) in [5.74, 6) is -7.79. The lowest BCUT2D eigenvalue weighted by Gasteiger charge is -2.24. The molecule has 0 heterocycles. The van der Waals surface area contributed by atoms with Gasteiger partial charge in [0.2, 0.25) is 29.5 Å². The van der Waals surface area contributed by atoms with Crippen LogP contribution in [-0.4, -0.2) is 88.4 Å². The van der Waals surface area contributed by atoms with Crippen molar-refractivity contribution in [3.63, 3.8) is 0 Å². The van der Waals surface area contributed by atoms with Crippen LogP contribution in [0.1, 0.15) is 44.9 Å².